The summed E-state index contributed by atoms with van der Waals surface area (Å²) in [4.78, 5) is 16.1. The zero-order valence-corrected chi connectivity index (χ0v) is 10.8. The fourth-order valence-electron chi connectivity index (χ4n) is 1.61. The zero-order valence-electron chi connectivity index (χ0n) is 10.1. The van der Waals surface area contributed by atoms with E-state index in [1.165, 1.54) is 18.2 Å². The van der Waals surface area contributed by atoms with Crippen molar-refractivity contribution in [3.8, 4) is 0 Å². The Hall–Kier alpha value is -2.14. The Morgan fingerprint density at radius 3 is 2.84 bits per heavy atom. The smallest absolute Gasteiger partial charge is 0.259 e. The maximum Gasteiger partial charge on any atom is 0.259 e. The summed E-state index contributed by atoms with van der Waals surface area (Å²) in [7, 11) is 1.66. The first-order valence-corrected chi connectivity index (χ1v) is 5.88. The molecule has 1 amide bonds. The Labute approximate surface area is 114 Å². The molecule has 1 aromatic carbocycles. The highest BCUT2D eigenvalue weighted by Gasteiger charge is 2.12. The van der Waals surface area contributed by atoms with Crippen LogP contribution in [0.4, 0.5) is 15.9 Å². The van der Waals surface area contributed by atoms with Crippen LogP contribution in [0.2, 0.25) is 5.02 Å². The van der Waals surface area contributed by atoms with Crippen LogP contribution in [0, 0.1) is 5.82 Å². The molecule has 0 aliphatic heterocycles. The molecule has 98 valence electrons. The molecule has 0 atom stereocenters. The predicted molar refractivity (Wildman–Crippen MR) is 73.1 cm³/mol. The summed E-state index contributed by atoms with van der Waals surface area (Å²) in [6.45, 7) is 0. The lowest BCUT2D eigenvalue weighted by Gasteiger charge is -2.09. The second-order valence-corrected chi connectivity index (χ2v) is 4.20. The Balaban J connectivity index is 2.25. The molecule has 0 saturated heterocycles. The van der Waals surface area contributed by atoms with E-state index in [2.05, 4.69) is 15.6 Å². The third-order valence-electron chi connectivity index (χ3n) is 2.41. The van der Waals surface area contributed by atoms with Crippen molar-refractivity contribution in [1.82, 2.24) is 4.98 Å². The van der Waals surface area contributed by atoms with Gasteiger partial charge in [-0.1, -0.05) is 11.6 Å². The number of anilines is 2. The van der Waals surface area contributed by atoms with E-state index in [0.717, 1.165) is 0 Å². The van der Waals surface area contributed by atoms with Crippen LogP contribution in [-0.4, -0.2) is 17.9 Å². The average molecular weight is 280 g/mol. The minimum Gasteiger partial charge on any atom is -0.372 e. The predicted octanol–water partition coefficient (Wildman–Crippen LogP) is 3.17. The van der Waals surface area contributed by atoms with Crippen molar-refractivity contribution in [3.63, 3.8) is 0 Å². The van der Waals surface area contributed by atoms with Gasteiger partial charge in [-0.05, 0) is 30.3 Å². The molecule has 2 rings (SSSR count). The Bertz CT molecular complexity index is 598. The van der Waals surface area contributed by atoms with E-state index in [4.69, 9.17) is 11.6 Å². The summed E-state index contributed by atoms with van der Waals surface area (Å²) in [6, 6.07) is 7.10. The van der Waals surface area contributed by atoms with Gasteiger partial charge in [-0.2, -0.15) is 0 Å². The van der Waals surface area contributed by atoms with Gasteiger partial charge in [0.25, 0.3) is 5.91 Å². The monoisotopic (exact) mass is 279 g/mol. The van der Waals surface area contributed by atoms with E-state index >= 15 is 0 Å². The molecule has 1 heterocycles. The summed E-state index contributed by atoms with van der Waals surface area (Å²) in [6.07, 6.45) is 1.57. The van der Waals surface area contributed by atoms with Crippen molar-refractivity contribution < 1.29 is 9.18 Å². The first-order chi connectivity index (χ1) is 9.10. The molecule has 1 aromatic heterocycles. The van der Waals surface area contributed by atoms with E-state index in [-0.39, 0.29) is 10.9 Å². The summed E-state index contributed by atoms with van der Waals surface area (Å²) in [5, 5.41) is 5.60. The van der Waals surface area contributed by atoms with Crippen LogP contribution in [0.5, 0.6) is 0 Å². The summed E-state index contributed by atoms with van der Waals surface area (Å²) in [5.74, 6) is -0.454. The van der Waals surface area contributed by atoms with Crippen molar-refractivity contribution in [2.75, 3.05) is 17.7 Å². The molecular formula is C13H11ClFN3O. The summed E-state index contributed by atoms with van der Waals surface area (Å²) < 4.78 is 13.2. The van der Waals surface area contributed by atoms with Crippen LogP contribution in [0.25, 0.3) is 0 Å². The van der Waals surface area contributed by atoms with Gasteiger partial charge in [0, 0.05) is 24.0 Å². The number of nitrogens with zero attached hydrogens (tertiary/aromatic N) is 1. The van der Waals surface area contributed by atoms with Crippen molar-refractivity contribution in [1.29, 1.82) is 0 Å². The van der Waals surface area contributed by atoms with E-state index < -0.39 is 5.82 Å². The molecule has 0 radical (unpaired) electrons. The fraction of sp³-hybridized carbons (Fsp3) is 0.0769. The topological polar surface area (TPSA) is 54.0 Å². The number of nitrogens with one attached hydrogen (secondary N) is 2. The number of halogens is 2. The Morgan fingerprint density at radius 2 is 2.16 bits per heavy atom. The van der Waals surface area contributed by atoms with Crippen molar-refractivity contribution in [2.45, 2.75) is 0 Å². The van der Waals surface area contributed by atoms with E-state index in [9.17, 15) is 9.18 Å². The maximum atomic E-state index is 13.2. The van der Waals surface area contributed by atoms with Gasteiger partial charge < -0.3 is 10.6 Å². The quantitative estimate of drug-likeness (QED) is 0.907. The maximum absolute atomic E-state index is 13.2. The molecule has 4 nitrogen and oxygen atoms in total. The van der Waals surface area contributed by atoms with Gasteiger partial charge in [0.05, 0.1) is 5.56 Å². The number of benzene rings is 1. The van der Waals surface area contributed by atoms with Crippen molar-refractivity contribution in [2.24, 2.45) is 0 Å². The molecule has 19 heavy (non-hydrogen) atoms. The van der Waals surface area contributed by atoms with E-state index in [0.29, 0.717) is 17.1 Å². The lowest BCUT2D eigenvalue weighted by Crippen LogP contribution is -2.14. The number of pyridine rings is 1. The second kappa shape index (κ2) is 5.67. The molecule has 2 aromatic rings. The molecule has 0 saturated carbocycles. The number of carbonyl (C=O) groups excluding carboxylic acids is 1. The van der Waals surface area contributed by atoms with Gasteiger partial charge in [-0.15, -0.1) is 0 Å². The van der Waals surface area contributed by atoms with Crippen LogP contribution < -0.4 is 10.6 Å². The second-order valence-electron chi connectivity index (χ2n) is 3.76. The first kappa shape index (κ1) is 13.3. The third-order valence-corrected chi connectivity index (χ3v) is 2.63. The molecular weight excluding hydrogens is 269 g/mol. The summed E-state index contributed by atoms with van der Waals surface area (Å²) >= 11 is 5.72. The molecule has 6 heteroatoms. The van der Waals surface area contributed by atoms with Crippen LogP contribution in [-0.2, 0) is 0 Å². The van der Waals surface area contributed by atoms with Gasteiger partial charge in [0.1, 0.15) is 11.6 Å². The number of amides is 1. The molecule has 0 fully saturated rings. The van der Waals surface area contributed by atoms with Crippen LogP contribution in [0.3, 0.4) is 0 Å². The number of hydrogen-bond acceptors (Lipinski definition) is 3. The minimum absolute atomic E-state index is 0.218. The van der Waals surface area contributed by atoms with Gasteiger partial charge in [0.15, 0.2) is 0 Å². The standard InChI is InChI=1S/C13H11ClFN3O/c1-16-12-11(3-2-4-17-12)13(19)18-10-6-8(14)5-9(15)7-10/h2-7H,1H3,(H,16,17)(H,18,19). The average Bonchev–Trinajstić information content (AvgIpc) is 2.37. The lowest BCUT2D eigenvalue weighted by atomic mass is 10.2. The number of carbonyl (C=O) groups is 1. The summed E-state index contributed by atoms with van der Waals surface area (Å²) in [5.41, 5.74) is 0.659. The number of hydrogen-bond donors (Lipinski definition) is 2. The number of aromatic nitrogens is 1. The van der Waals surface area contributed by atoms with Gasteiger partial charge in [-0.3, -0.25) is 4.79 Å². The molecule has 0 aliphatic rings. The van der Waals surface area contributed by atoms with E-state index in [1.807, 2.05) is 0 Å². The highest BCUT2D eigenvalue weighted by molar-refractivity contribution is 6.31. The largest absolute Gasteiger partial charge is 0.372 e. The molecule has 0 unspecified atom stereocenters. The van der Waals surface area contributed by atoms with Crippen LogP contribution in [0.15, 0.2) is 36.5 Å². The molecule has 2 N–H and O–H groups in total. The van der Waals surface area contributed by atoms with Gasteiger partial charge in [0.2, 0.25) is 0 Å². The Morgan fingerprint density at radius 1 is 1.37 bits per heavy atom. The van der Waals surface area contributed by atoms with Gasteiger partial charge >= 0.3 is 0 Å². The molecule has 0 spiro atoms. The lowest BCUT2D eigenvalue weighted by molar-refractivity contribution is 0.102. The first-order valence-electron chi connectivity index (χ1n) is 5.50. The SMILES string of the molecule is CNc1ncccc1C(=O)Nc1cc(F)cc(Cl)c1. The van der Waals surface area contributed by atoms with Crippen molar-refractivity contribution >= 4 is 29.0 Å². The third kappa shape index (κ3) is 3.20. The Kier molecular flexibility index (Phi) is 3.97. The fourth-order valence-corrected chi connectivity index (χ4v) is 1.83. The van der Waals surface area contributed by atoms with Gasteiger partial charge in [-0.25, -0.2) is 9.37 Å². The zero-order chi connectivity index (χ0) is 13.8. The number of rotatable bonds is 3. The highest BCUT2D eigenvalue weighted by atomic mass is 35.5. The van der Waals surface area contributed by atoms with Crippen molar-refractivity contribution in [3.05, 3.63) is 52.9 Å². The van der Waals surface area contributed by atoms with E-state index in [1.54, 1.807) is 25.4 Å². The normalized spacial score (nSPS) is 10.1. The minimum atomic E-state index is -0.511. The highest BCUT2D eigenvalue weighted by Crippen LogP contribution is 2.20. The molecule has 0 bridgehead atoms. The molecule has 0 aliphatic carbocycles. The van der Waals surface area contributed by atoms with Crippen LogP contribution in [0.1, 0.15) is 10.4 Å². The van der Waals surface area contributed by atoms with Crippen LogP contribution >= 0.6 is 11.6 Å².